The summed E-state index contributed by atoms with van der Waals surface area (Å²) in [5, 5.41) is 60.1. The van der Waals surface area contributed by atoms with Crippen LogP contribution in [0.3, 0.4) is 0 Å². The third-order valence-corrected chi connectivity index (χ3v) is 20.8. The Labute approximate surface area is 629 Å². The third-order valence-electron chi connectivity index (χ3n) is 20.8. The average molecular weight is 1520 g/mol. The van der Waals surface area contributed by atoms with Gasteiger partial charge in [-0.05, 0) is 117 Å². The van der Waals surface area contributed by atoms with E-state index in [4.69, 9.17) is 51.4 Å². The minimum absolute atomic E-state index is 0.0325. The maximum Gasteiger partial charge on any atom is 0.350 e. The number of hydrogen-bond acceptors (Lipinski definition) is 24. The summed E-state index contributed by atoms with van der Waals surface area (Å²) < 4.78 is 37.7. The number of rotatable bonds is 33. The van der Waals surface area contributed by atoms with Gasteiger partial charge in [-0.3, -0.25) is 48.1 Å². The molecule has 0 radical (unpaired) electrons. The Balaban J connectivity index is 1.21. The highest BCUT2D eigenvalue weighted by Gasteiger charge is 2.78. The third kappa shape index (κ3) is 19.3. The number of aliphatic carboxylic acids is 1. The topological polar surface area (TPSA) is 518 Å². The number of aliphatic hydroxyl groups excluding tert-OH is 1. The smallest absolute Gasteiger partial charge is 0.350 e. The Morgan fingerprint density at radius 3 is 1.86 bits per heavy atom. The van der Waals surface area contributed by atoms with Gasteiger partial charge in [0, 0.05) is 50.6 Å². The van der Waals surface area contributed by atoms with Crippen LogP contribution in [0.1, 0.15) is 145 Å². The zero-order valence-corrected chi connectivity index (χ0v) is 61.9. The fourth-order valence-corrected chi connectivity index (χ4v) is 15.0. The molecule has 32 heteroatoms. The number of aromatic hydroxyl groups is 1. The monoisotopic (exact) mass is 1510 g/mol. The fraction of sp³-hybridized carbons (Fsp3) is 0.494. The lowest BCUT2D eigenvalue weighted by molar-refractivity contribution is -0.346. The van der Waals surface area contributed by atoms with Crippen molar-refractivity contribution in [2.45, 2.75) is 197 Å². The SMILES string of the molecule is CC(=O)O[C@H]1C(=O)[C@@]2(C)C(C(OC(=O)c3ccccc3)[C@]3(O)CC(OC(=O)C(OC(=O)C(Cc4ccc(O)cc4)NC(=O)C(NC(=O)C(CC(=O)O)NC(=O)C(CCCCN)NC(=O)C(N)CCCN=C(N)N)C(C)C)C(NC(=O)c4ccccc4)c4ccccc4)C(C)=C1C3(C)C)[C@@]1(OC(C)=O)CO[C@@H]1C[C@@H]2O. The van der Waals surface area contributed by atoms with Crippen LogP contribution in [0.2, 0.25) is 0 Å². The van der Waals surface area contributed by atoms with Crippen LogP contribution in [-0.4, -0.2) is 195 Å². The van der Waals surface area contributed by atoms with Crippen molar-refractivity contribution >= 4 is 77.1 Å². The molecular weight excluding hydrogens is 1420 g/mol. The van der Waals surface area contributed by atoms with Crippen LogP contribution in [0.25, 0.3) is 0 Å². The first kappa shape index (κ1) is 84.0. The minimum Gasteiger partial charge on any atom is -0.508 e. The standard InChI is InChI=1S/C77H98N10O22/c1-40(2)58(86-68(98)51(36-56(92)93)84-67(97)50(28-18-19-33-78)83-66(96)49(79)27-20-34-82-73(80)81)69(99)85-52(35-44-29-31-48(90)32-30-44)71(101)107-61(59(45-21-12-9-13-22-45)87-65(95)46-23-14-10-15-24-46)72(102)106-53-38-77(103)64(108-70(100)47-25-16-11-17-26-47)62-75(8,54(91)37-55-76(62,39-104-55)109-43(5)89)63(94)60(105-42(4)88)57(41(53)3)74(77,6)7/h9-17,21-26,29-32,40,49-55,58-62,64,90-91,103H,18-20,27-28,33-39,78-79H2,1-8H3,(H,83,96)(H,84,97)(H,85,99)(H,86,98)(H,87,95)(H,92,93)(H4,80,81,82)/t49?,50?,51?,52?,53?,54-,55+,58?,59?,60+,61?,62?,64?,75+,76+,77+/m0/s1. The van der Waals surface area contributed by atoms with Gasteiger partial charge < -0.3 is 98.4 Å². The molecule has 3 aliphatic carbocycles. The number of esters is 5. The second kappa shape index (κ2) is 36.0. The normalized spacial score (nSPS) is 24.3. The molecule has 16 atom stereocenters. The van der Waals surface area contributed by atoms with Gasteiger partial charge in [0.2, 0.25) is 29.7 Å². The molecule has 3 fully saturated rings. The Morgan fingerprint density at radius 2 is 1.29 bits per heavy atom. The molecule has 1 aliphatic heterocycles. The van der Waals surface area contributed by atoms with Gasteiger partial charge in [-0.2, -0.15) is 0 Å². The first-order valence-electron chi connectivity index (χ1n) is 35.9. The number of ketones is 1. The summed E-state index contributed by atoms with van der Waals surface area (Å²) in [6.07, 6.45) is -12.9. The van der Waals surface area contributed by atoms with E-state index in [1.54, 1.807) is 42.5 Å². The number of nitrogens with one attached hydrogen (secondary N) is 5. The zero-order chi connectivity index (χ0) is 80.0. The number of nitrogens with zero attached hydrogens (tertiary/aromatic N) is 1. The van der Waals surface area contributed by atoms with Crippen LogP contribution in [0.15, 0.2) is 131 Å². The van der Waals surface area contributed by atoms with Crippen molar-refractivity contribution in [1.82, 2.24) is 26.6 Å². The highest BCUT2D eigenvalue weighted by molar-refractivity contribution is 5.99. The number of hydrogen-bond donors (Lipinski definition) is 13. The maximum absolute atomic E-state index is 16.2. The Bertz CT molecular complexity index is 4070. The summed E-state index contributed by atoms with van der Waals surface area (Å²) >= 11 is 0. The number of aliphatic imine (C=N–C) groups is 1. The van der Waals surface area contributed by atoms with Gasteiger partial charge in [0.25, 0.3) is 5.91 Å². The molecule has 0 aromatic heterocycles. The highest BCUT2D eigenvalue weighted by atomic mass is 16.6. The van der Waals surface area contributed by atoms with Crippen LogP contribution in [0.4, 0.5) is 0 Å². The number of carboxylic acids is 1. The van der Waals surface area contributed by atoms with E-state index in [0.29, 0.717) is 6.42 Å². The lowest BCUT2D eigenvalue weighted by Crippen LogP contribution is -2.82. The van der Waals surface area contributed by atoms with Gasteiger partial charge in [-0.1, -0.05) is 107 Å². The van der Waals surface area contributed by atoms with Gasteiger partial charge in [0.15, 0.2) is 23.4 Å². The number of carbonyl (C=O) groups is 12. The van der Waals surface area contributed by atoms with Crippen molar-refractivity contribution in [2.75, 3.05) is 19.7 Å². The number of aliphatic hydroxyl groups is 2. The molecule has 4 aromatic rings. The van der Waals surface area contributed by atoms with E-state index < -0.39 is 204 Å². The molecule has 588 valence electrons. The average Bonchev–Trinajstić information content (AvgIpc) is 0.668. The highest BCUT2D eigenvalue weighted by Crippen LogP contribution is 2.64. The number of nitrogens with two attached hydrogens (primary N) is 4. The molecule has 0 spiro atoms. The van der Waals surface area contributed by atoms with Crippen molar-refractivity contribution in [3.8, 4) is 5.75 Å². The maximum atomic E-state index is 16.2. The van der Waals surface area contributed by atoms with E-state index >= 15 is 19.2 Å². The van der Waals surface area contributed by atoms with E-state index in [2.05, 4.69) is 31.6 Å². The Kier molecular flexibility index (Phi) is 27.8. The molecule has 17 N–H and O–H groups in total. The Hall–Kier alpha value is -10.7. The van der Waals surface area contributed by atoms with Crippen molar-refractivity contribution in [1.29, 1.82) is 0 Å². The lowest BCUT2D eigenvalue weighted by atomic mass is 9.44. The summed E-state index contributed by atoms with van der Waals surface area (Å²) in [6.45, 7) is 10.7. The molecule has 5 amide bonds. The van der Waals surface area contributed by atoms with Crippen LogP contribution in [0.5, 0.6) is 5.75 Å². The molecule has 2 saturated carbocycles. The first-order valence-corrected chi connectivity index (χ1v) is 35.9. The number of unbranched alkanes of at least 4 members (excludes halogenated alkanes) is 1. The number of ether oxygens (including phenoxy) is 6. The summed E-state index contributed by atoms with van der Waals surface area (Å²) in [4.78, 5) is 178. The number of fused-ring (bicyclic) bond motifs is 5. The number of benzene rings is 4. The van der Waals surface area contributed by atoms with E-state index in [9.17, 15) is 58.8 Å². The first-order chi connectivity index (χ1) is 51.5. The number of guanidine groups is 1. The van der Waals surface area contributed by atoms with Crippen LogP contribution >= 0.6 is 0 Å². The quantitative estimate of drug-likeness (QED) is 0.00808. The van der Waals surface area contributed by atoms with E-state index in [1.807, 2.05) is 0 Å². The molecule has 32 nitrogen and oxygen atoms in total. The van der Waals surface area contributed by atoms with Crippen molar-refractivity contribution in [3.05, 3.63) is 149 Å². The molecule has 2 bridgehead atoms. The lowest BCUT2D eigenvalue weighted by Gasteiger charge is -2.67. The number of amides is 5. The summed E-state index contributed by atoms with van der Waals surface area (Å²) in [5.41, 5.74) is 14.0. The number of carbonyl (C=O) groups excluding carboxylic acids is 11. The van der Waals surface area contributed by atoms with Gasteiger partial charge in [-0.15, -0.1) is 0 Å². The van der Waals surface area contributed by atoms with Gasteiger partial charge in [0.1, 0.15) is 59.9 Å². The summed E-state index contributed by atoms with van der Waals surface area (Å²) in [5.74, 6) is -16.4. The molecule has 1 heterocycles. The predicted octanol–water partition coefficient (Wildman–Crippen LogP) is 1.81. The largest absolute Gasteiger partial charge is 0.508 e. The van der Waals surface area contributed by atoms with Crippen LogP contribution in [-0.2, 0) is 82.8 Å². The molecule has 4 aromatic carbocycles. The summed E-state index contributed by atoms with van der Waals surface area (Å²) in [7, 11) is 0. The van der Waals surface area contributed by atoms with Crippen molar-refractivity contribution in [3.63, 3.8) is 0 Å². The fourth-order valence-electron chi connectivity index (χ4n) is 15.0. The van der Waals surface area contributed by atoms with Crippen molar-refractivity contribution < 1.29 is 106 Å². The van der Waals surface area contributed by atoms with E-state index in [0.717, 1.165) is 13.8 Å². The molecule has 109 heavy (non-hydrogen) atoms. The van der Waals surface area contributed by atoms with Crippen LogP contribution < -0.4 is 49.5 Å². The Morgan fingerprint density at radius 1 is 0.697 bits per heavy atom. The summed E-state index contributed by atoms with van der Waals surface area (Å²) in [6, 6.07) is 18.4. The molecule has 1 saturated heterocycles. The molecule has 4 aliphatic rings. The predicted molar refractivity (Wildman–Crippen MR) is 389 cm³/mol. The number of carboxylic acid groups (broad SMARTS) is 1. The molecule has 8 rings (SSSR count). The van der Waals surface area contributed by atoms with E-state index in [1.165, 1.54) is 114 Å². The zero-order valence-electron chi connectivity index (χ0n) is 61.9. The molecular formula is C77H98N10O22. The van der Waals surface area contributed by atoms with Crippen molar-refractivity contribution in [2.24, 2.45) is 50.6 Å². The number of Topliss-reactive ketones (excluding diaryl/α,β-unsaturated/α-hetero) is 1. The second-order valence-electron chi connectivity index (χ2n) is 29.0. The van der Waals surface area contributed by atoms with Crippen LogP contribution in [0, 0.1) is 22.7 Å². The number of phenols is 1. The van der Waals surface area contributed by atoms with E-state index in [-0.39, 0.29) is 90.3 Å². The van der Waals surface area contributed by atoms with Gasteiger partial charge in [0.05, 0.1) is 42.1 Å². The molecule has 10 unspecified atom stereocenters. The van der Waals surface area contributed by atoms with Gasteiger partial charge in [-0.25, -0.2) is 14.4 Å². The second-order valence-corrected chi connectivity index (χ2v) is 29.0. The minimum atomic E-state index is -2.67. The van der Waals surface area contributed by atoms with Gasteiger partial charge >= 0.3 is 35.8 Å². The number of phenolic OH excluding ortho intramolecular Hbond substituents is 1.